The van der Waals surface area contributed by atoms with Crippen molar-refractivity contribution in [1.82, 2.24) is 24.8 Å². The van der Waals surface area contributed by atoms with Gasteiger partial charge in [0.1, 0.15) is 22.7 Å². The molecular weight excluding hydrogens is 472 g/mol. The lowest BCUT2D eigenvalue weighted by Gasteiger charge is -2.21. The van der Waals surface area contributed by atoms with Gasteiger partial charge in [-0.1, -0.05) is 5.16 Å². The van der Waals surface area contributed by atoms with Gasteiger partial charge in [0.15, 0.2) is 5.82 Å². The molecule has 1 aromatic carbocycles. The van der Waals surface area contributed by atoms with Crippen molar-refractivity contribution in [1.29, 1.82) is 0 Å². The summed E-state index contributed by atoms with van der Waals surface area (Å²) in [5, 5.41) is 6.86. The van der Waals surface area contributed by atoms with Crippen LogP contribution < -0.4 is 14.8 Å². The number of hydrogen-bond acceptors (Lipinski definition) is 7. The van der Waals surface area contributed by atoms with Gasteiger partial charge < -0.3 is 19.3 Å². The van der Waals surface area contributed by atoms with Crippen LogP contribution in [0.15, 0.2) is 41.2 Å². The van der Waals surface area contributed by atoms with Gasteiger partial charge in [-0.15, -0.1) is 0 Å². The number of ether oxygens (including phenoxy) is 2. The first kappa shape index (κ1) is 23.7. The summed E-state index contributed by atoms with van der Waals surface area (Å²) in [5.74, 6) is 0.374. The molecular formula is C25H25F2N5O4. The van der Waals surface area contributed by atoms with Crippen molar-refractivity contribution in [3.8, 4) is 22.8 Å². The van der Waals surface area contributed by atoms with Crippen LogP contribution in [0.2, 0.25) is 0 Å². The Morgan fingerprint density at radius 3 is 2.64 bits per heavy atom. The molecule has 0 saturated heterocycles. The van der Waals surface area contributed by atoms with E-state index in [4.69, 9.17) is 14.0 Å². The summed E-state index contributed by atoms with van der Waals surface area (Å²) in [6.07, 6.45) is 5.15. The van der Waals surface area contributed by atoms with Crippen molar-refractivity contribution in [2.45, 2.75) is 51.7 Å². The van der Waals surface area contributed by atoms with Crippen molar-refractivity contribution in [3.05, 3.63) is 59.5 Å². The van der Waals surface area contributed by atoms with Gasteiger partial charge in [0.05, 0.1) is 24.4 Å². The van der Waals surface area contributed by atoms with Gasteiger partial charge in [-0.25, -0.2) is 4.98 Å². The number of hydrogen-bond donors (Lipinski definition) is 1. The first-order valence-corrected chi connectivity index (χ1v) is 11.4. The van der Waals surface area contributed by atoms with Crippen molar-refractivity contribution >= 4 is 11.6 Å². The zero-order valence-corrected chi connectivity index (χ0v) is 20.2. The van der Waals surface area contributed by atoms with Crippen molar-refractivity contribution in [3.63, 3.8) is 0 Å². The van der Waals surface area contributed by atoms with Crippen molar-refractivity contribution in [2.75, 3.05) is 7.11 Å². The smallest absolute Gasteiger partial charge is 0.387 e. The van der Waals surface area contributed by atoms with E-state index in [2.05, 4.69) is 20.4 Å². The number of alkyl halides is 2. The minimum absolute atomic E-state index is 0.0369. The van der Waals surface area contributed by atoms with Gasteiger partial charge in [-0.2, -0.15) is 13.8 Å². The SMILES string of the molecule is COc1cc(-c2cnc3cc(C(C)(C)c4noc(C)n4)ccn23)cc(OC(F)F)c1C(=O)NC1CC1. The van der Waals surface area contributed by atoms with Crippen LogP contribution >= 0.6 is 0 Å². The van der Waals surface area contributed by atoms with E-state index in [0.717, 1.165) is 18.4 Å². The van der Waals surface area contributed by atoms with Gasteiger partial charge in [-0.05, 0) is 56.5 Å². The second-order valence-corrected chi connectivity index (χ2v) is 9.23. The fraction of sp³-hybridized carbons (Fsp3) is 0.360. The molecule has 1 fully saturated rings. The van der Waals surface area contributed by atoms with E-state index in [1.165, 1.54) is 13.2 Å². The van der Waals surface area contributed by atoms with Crippen LogP contribution in [-0.2, 0) is 5.41 Å². The third kappa shape index (κ3) is 4.36. The molecule has 9 nitrogen and oxygen atoms in total. The molecule has 3 heterocycles. The van der Waals surface area contributed by atoms with Crippen LogP contribution in [-0.4, -0.2) is 45.2 Å². The molecule has 0 unspecified atom stereocenters. The zero-order valence-electron chi connectivity index (χ0n) is 20.2. The lowest BCUT2D eigenvalue weighted by atomic mass is 9.84. The number of methoxy groups -OCH3 is 1. The van der Waals surface area contributed by atoms with Crippen LogP contribution in [0.4, 0.5) is 8.78 Å². The minimum atomic E-state index is -3.11. The van der Waals surface area contributed by atoms with E-state index in [1.54, 1.807) is 19.2 Å². The highest BCUT2D eigenvalue weighted by Crippen LogP contribution is 2.37. The van der Waals surface area contributed by atoms with Gasteiger partial charge in [0.2, 0.25) is 5.89 Å². The Bertz CT molecular complexity index is 1440. The number of aromatic nitrogens is 4. The fourth-order valence-electron chi connectivity index (χ4n) is 4.06. The minimum Gasteiger partial charge on any atom is -0.496 e. The zero-order chi connectivity index (χ0) is 25.6. The molecule has 1 aliphatic rings. The molecule has 0 bridgehead atoms. The highest BCUT2D eigenvalue weighted by molar-refractivity contribution is 6.01. The van der Waals surface area contributed by atoms with Gasteiger partial charge in [0.25, 0.3) is 5.91 Å². The number of carbonyl (C=O) groups is 1. The van der Waals surface area contributed by atoms with Gasteiger partial charge >= 0.3 is 6.61 Å². The maximum absolute atomic E-state index is 13.3. The molecule has 0 atom stereocenters. The number of benzene rings is 1. The number of pyridine rings is 1. The van der Waals surface area contributed by atoms with Crippen LogP contribution in [0.25, 0.3) is 16.9 Å². The largest absolute Gasteiger partial charge is 0.496 e. The number of nitrogens with one attached hydrogen (secondary N) is 1. The third-order valence-corrected chi connectivity index (χ3v) is 6.26. The Labute approximate surface area is 205 Å². The standard InChI is InChI=1S/C25H25F2N5O4/c1-13-29-23(31-36-13)25(2,3)15-7-8-32-17(12-28-20(32)11-15)14-9-18(34-4)21(19(10-14)35-24(26)27)22(33)30-16-5-6-16/h7-12,16,24H,5-6H2,1-4H3,(H,30,33). The number of fused-ring (bicyclic) bond motifs is 1. The maximum atomic E-state index is 13.3. The second kappa shape index (κ2) is 8.89. The molecule has 1 amide bonds. The summed E-state index contributed by atoms with van der Waals surface area (Å²) < 4.78 is 43.7. The monoisotopic (exact) mass is 497 g/mol. The third-order valence-electron chi connectivity index (χ3n) is 6.26. The Hall–Kier alpha value is -4.02. The lowest BCUT2D eigenvalue weighted by Crippen LogP contribution is -2.26. The molecule has 1 N–H and O–H groups in total. The number of nitrogens with zero attached hydrogens (tertiary/aromatic N) is 4. The maximum Gasteiger partial charge on any atom is 0.387 e. The number of rotatable bonds is 8. The average molecular weight is 498 g/mol. The van der Waals surface area contributed by atoms with E-state index < -0.39 is 17.9 Å². The molecule has 188 valence electrons. The Morgan fingerprint density at radius 1 is 1.25 bits per heavy atom. The van der Waals surface area contributed by atoms with Crippen molar-refractivity contribution in [2.24, 2.45) is 0 Å². The topological polar surface area (TPSA) is 104 Å². The van der Waals surface area contributed by atoms with E-state index in [9.17, 15) is 13.6 Å². The van der Waals surface area contributed by atoms with E-state index in [1.807, 2.05) is 36.6 Å². The normalized spacial score (nSPS) is 13.9. The molecule has 0 aliphatic heterocycles. The first-order chi connectivity index (χ1) is 17.2. The number of halogens is 2. The van der Waals surface area contributed by atoms with Crippen LogP contribution in [0, 0.1) is 6.92 Å². The molecule has 4 aromatic rings. The quantitative estimate of drug-likeness (QED) is 0.382. The Balaban J connectivity index is 1.57. The second-order valence-electron chi connectivity index (χ2n) is 9.23. The predicted octanol–water partition coefficient (Wildman–Crippen LogP) is 4.52. The van der Waals surface area contributed by atoms with E-state index in [0.29, 0.717) is 28.6 Å². The predicted molar refractivity (Wildman–Crippen MR) is 125 cm³/mol. The van der Waals surface area contributed by atoms with Crippen LogP contribution in [0.3, 0.4) is 0 Å². The summed E-state index contributed by atoms with van der Waals surface area (Å²) in [4.78, 5) is 21.7. The van der Waals surface area contributed by atoms with Crippen molar-refractivity contribution < 1.29 is 27.6 Å². The Morgan fingerprint density at radius 2 is 2.00 bits per heavy atom. The van der Waals surface area contributed by atoms with E-state index >= 15 is 0 Å². The Kier molecular flexibility index (Phi) is 5.85. The lowest BCUT2D eigenvalue weighted by molar-refractivity contribution is -0.0502. The number of aryl methyl sites for hydroxylation is 1. The number of carbonyl (C=O) groups excluding carboxylic acids is 1. The molecule has 0 radical (unpaired) electrons. The molecule has 1 saturated carbocycles. The van der Waals surface area contributed by atoms with Crippen LogP contribution in [0.1, 0.15) is 54.3 Å². The average Bonchev–Trinajstić information content (AvgIpc) is 3.36. The molecule has 11 heteroatoms. The highest BCUT2D eigenvalue weighted by Gasteiger charge is 2.31. The number of imidazole rings is 1. The summed E-state index contributed by atoms with van der Waals surface area (Å²) in [6, 6.07) is 6.87. The summed E-state index contributed by atoms with van der Waals surface area (Å²) >= 11 is 0. The van der Waals surface area contributed by atoms with Crippen LogP contribution in [0.5, 0.6) is 11.5 Å². The van der Waals surface area contributed by atoms with Gasteiger partial charge in [-0.3, -0.25) is 9.20 Å². The molecule has 0 spiro atoms. The fourth-order valence-corrected chi connectivity index (χ4v) is 4.06. The number of amides is 1. The summed E-state index contributed by atoms with van der Waals surface area (Å²) in [6.45, 7) is 2.59. The molecule has 5 rings (SSSR count). The molecule has 3 aromatic heterocycles. The van der Waals surface area contributed by atoms with Gasteiger partial charge in [0, 0.05) is 24.7 Å². The molecule has 36 heavy (non-hydrogen) atoms. The molecule has 1 aliphatic carbocycles. The van der Waals surface area contributed by atoms with E-state index in [-0.39, 0.29) is 23.1 Å². The highest BCUT2D eigenvalue weighted by atomic mass is 19.3. The first-order valence-electron chi connectivity index (χ1n) is 11.4. The summed E-state index contributed by atoms with van der Waals surface area (Å²) in [5.41, 5.74) is 2.04. The summed E-state index contributed by atoms with van der Waals surface area (Å²) in [7, 11) is 1.38.